The van der Waals surface area contributed by atoms with Crippen LogP contribution in [0.3, 0.4) is 0 Å². The van der Waals surface area contributed by atoms with Gasteiger partial charge < -0.3 is 10.6 Å². The molecule has 0 atom stereocenters. The van der Waals surface area contributed by atoms with Crippen LogP contribution in [0.5, 0.6) is 0 Å². The lowest BCUT2D eigenvalue weighted by molar-refractivity contribution is 0.188. The quantitative estimate of drug-likeness (QED) is 0.767. The first-order valence-corrected chi connectivity index (χ1v) is 9.53. The first kappa shape index (κ1) is 17.7. The number of carbonyl (C=O) groups is 1. The lowest BCUT2D eigenvalue weighted by Gasteiger charge is -2.33. The van der Waals surface area contributed by atoms with Crippen molar-refractivity contribution in [3.63, 3.8) is 0 Å². The minimum atomic E-state index is -3.09. The molecule has 0 saturated carbocycles. The molecule has 1 saturated heterocycles. The molecule has 2 N–H and O–H groups in total. The maximum Gasteiger partial charge on any atom is 0.315 e. The Morgan fingerprint density at radius 3 is 2.35 bits per heavy atom. The molecule has 1 aromatic rings. The van der Waals surface area contributed by atoms with Gasteiger partial charge in [0.1, 0.15) is 0 Å². The number of amides is 2. The van der Waals surface area contributed by atoms with Crippen LogP contribution in [0.15, 0.2) is 30.3 Å². The van der Waals surface area contributed by atoms with Crippen molar-refractivity contribution in [2.24, 2.45) is 0 Å². The molecule has 1 aromatic carbocycles. The van der Waals surface area contributed by atoms with Gasteiger partial charge in [0.05, 0.1) is 6.26 Å². The van der Waals surface area contributed by atoms with Crippen LogP contribution in [0.1, 0.15) is 5.56 Å². The molecule has 23 heavy (non-hydrogen) atoms. The molecule has 2 amide bonds. The molecule has 0 aliphatic carbocycles. The Labute approximate surface area is 137 Å². The molecule has 0 radical (unpaired) electrons. The van der Waals surface area contributed by atoms with Gasteiger partial charge in [-0.2, -0.15) is 4.31 Å². The Bertz CT molecular complexity index is 598. The van der Waals surface area contributed by atoms with Gasteiger partial charge in [-0.25, -0.2) is 13.2 Å². The molecule has 1 aliphatic heterocycles. The summed E-state index contributed by atoms with van der Waals surface area (Å²) in [5.41, 5.74) is 1.06. The summed E-state index contributed by atoms with van der Waals surface area (Å²) in [5.74, 6) is 0. The van der Waals surface area contributed by atoms with Gasteiger partial charge in [0.2, 0.25) is 10.0 Å². The van der Waals surface area contributed by atoms with E-state index in [4.69, 9.17) is 0 Å². The topological polar surface area (TPSA) is 81.8 Å². The SMILES string of the molecule is CS(=O)(=O)N1CCN(CCNC(=O)NCc2ccccc2)CC1. The first-order valence-electron chi connectivity index (χ1n) is 7.68. The van der Waals surface area contributed by atoms with Crippen molar-refractivity contribution < 1.29 is 13.2 Å². The molecule has 1 aliphatic rings. The van der Waals surface area contributed by atoms with Gasteiger partial charge in [0.15, 0.2) is 0 Å². The summed E-state index contributed by atoms with van der Waals surface area (Å²) in [6, 6.07) is 9.54. The van der Waals surface area contributed by atoms with Crippen LogP contribution in [0, 0.1) is 0 Å². The van der Waals surface area contributed by atoms with E-state index < -0.39 is 10.0 Å². The summed E-state index contributed by atoms with van der Waals surface area (Å²) in [5, 5.41) is 5.63. The highest BCUT2D eigenvalue weighted by Gasteiger charge is 2.22. The fraction of sp³-hybridized carbons (Fsp3) is 0.533. The molecule has 1 fully saturated rings. The Balaban J connectivity index is 1.59. The molecular weight excluding hydrogens is 316 g/mol. The zero-order chi connectivity index (χ0) is 16.7. The van der Waals surface area contributed by atoms with Crippen LogP contribution in [0.4, 0.5) is 4.79 Å². The number of rotatable bonds is 6. The van der Waals surface area contributed by atoms with Crippen LogP contribution >= 0.6 is 0 Å². The Hall–Kier alpha value is -1.64. The van der Waals surface area contributed by atoms with E-state index in [0.717, 1.165) is 12.1 Å². The molecule has 2 rings (SSSR count). The Kier molecular flexibility index (Phi) is 6.37. The van der Waals surface area contributed by atoms with Gasteiger partial charge in [0.25, 0.3) is 0 Å². The number of benzene rings is 1. The van der Waals surface area contributed by atoms with E-state index in [0.29, 0.717) is 39.3 Å². The van der Waals surface area contributed by atoms with Crippen molar-refractivity contribution in [2.75, 3.05) is 45.5 Å². The summed E-state index contributed by atoms with van der Waals surface area (Å²) >= 11 is 0. The second kappa shape index (κ2) is 8.28. The lowest BCUT2D eigenvalue weighted by atomic mass is 10.2. The highest BCUT2D eigenvalue weighted by molar-refractivity contribution is 7.88. The van der Waals surface area contributed by atoms with Crippen LogP contribution in [-0.4, -0.2) is 69.2 Å². The molecule has 0 bridgehead atoms. The number of sulfonamides is 1. The summed E-state index contributed by atoms with van der Waals surface area (Å²) in [7, 11) is -3.09. The summed E-state index contributed by atoms with van der Waals surface area (Å²) in [6.45, 7) is 4.18. The summed E-state index contributed by atoms with van der Waals surface area (Å²) < 4.78 is 24.3. The maximum absolute atomic E-state index is 11.7. The first-order chi connectivity index (χ1) is 10.9. The number of hydrogen-bond acceptors (Lipinski definition) is 4. The van der Waals surface area contributed by atoms with Crippen LogP contribution in [-0.2, 0) is 16.6 Å². The number of piperazine rings is 1. The minimum Gasteiger partial charge on any atom is -0.337 e. The van der Waals surface area contributed by atoms with Crippen molar-refractivity contribution >= 4 is 16.1 Å². The van der Waals surface area contributed by atoms with Crippen LogP contribution in [0.25, 0.3) is 0 Å². The average Bonchev–Trinajstić information content (AvgIpc) is 2.53. The van der Waals surface area contributed by atoms with E-state index in [1.54, 1.807) is 0 Å². The second-order valence-corrected chi connectivity index (χ2v) is 7.58. The number of nitrogens with one attached hydrogen (secondary N) is 2. The standard InChI is InChI=1S/C15H24N4O3S/c1-23(21,22)19-11-9-18(10-12-19)8-7-16-15(20)17-13-14-5-3-2-4-6-14/h2-6H,7-13H2,1H3,(H2,16,17,20). The van der Waals surface area contributed by atoms with E-state index in [9.17, 15) is 13.2 Å². The minimum absolute atomic E-state index is 0.191. The summed E-state index contributed by atoms with van der Waals surface area (Å²) in [4.78, 5) is 13.9. The van der Waals surface area contributed by atoms with E-state index in [2.05, 4.69) is 15.5 Å². The van der Waals surface area contributed by atoms with Crippen molar-refractivity contribution in [2.45, 2.75) is 6.54 Å². The molecule has 1 heterocycles. The lowest BCUT2D eigenvalue weighted by Crippen LogP contribution is -2.50. The van der Waals surface area contributed by atoms with Crippen molar-refractivity contribution in [3.8, 4) is 0 Å². The molecular formula is C15H24N4O3S. The predicted octanol–water partition coefficient (Wildman–Crippen LogP) is 0.0630. The third-order valence-corrected chi connectivity index (χ3v) is 5.11. The fourth-order valence-electron chi connectivity index (χ4n) is 2.45. The van der Waals surface area contributed by atoms with Crippen LogP contribution in [0.2, 0.25) is 0 Å². The number of nitrogens with zero attached hydrogens (tertiary/aromatic N) is 2. The average molecular weight is 340 g/mol. The fourth-order valence-corrected chi connectivity index (χ4v) is 3.28. The highest BCUT2D eigenvalue weighted by Crippen LogP contribution is 2.05. The summed E-state index contributed by atoms with van der Waals surface area (Å²) in [6.07, 6.45) is 1.24. The van der Waals surface area contributed by atoms with Gasteiger partial charge >= 0.3 is 6.03 Å². The molecule has 0 unspecified atom stereocenters. The number of carbonyl (C=O) groups excluding carboxylic acids is 1. The van der Waals surface area contributed by atoms with Gasteiger partial charge in [-0.05, 0) is 5.56 Å². The largest absolute Gasteiger partial charge is 0.337 e. The molecule has 0 aromatic heterocycles. The van der Waals surface area contributed by atoms with Gasteiger partial charge in [-0.1, -0.05) is 30.3 Å². The van der Waals surface area contributed by atoms with Crippen LogP contribution < -0.4 is 10.6 Å². The molecule has 128 valence electrons. The smallest absolute Gasteiger partial charge is 0.315 e. The Morgan fingerprint density at radius 1 is 1.09 bits per heavy atom. The van der Waals surface area contributed by atoms with Crippen molar-refractivity contribution in [1.82, 2.24) is 19.8 Å². The predicted molar refractivity (Wildman–Crippen MR) is 89.5 cm³/mol. The van der Waals surface area contributed by atoms with Gasteiger partial charge in [0, 0.05) is 45.8 Å². The van der Waals surface area contributed by atoms with Gasteiger partial charge in [-0.15, -0.1) is 0 Å². The van der Waals surface area contributed by atoms with Gasteiger partial charge in [-0.3, -0.25) is 4.90 Å². The molecule has 0 spiro atoms. The normalized spacial score (nSPS) is 16.9. The zero-order valence-corrected chi connectivity index (χ0v) is 14.2. The third kappa shape index (κ3) is 6.17. The highest BCUT2D eigenvalue weighted by atomic mass is 32.2. The molecule has 7 nitrogen and oxygen atoms in total. The third-order valence-electron chi connectivity index (χ3n) is 3.81. The number of hydrogen-bond donors (Lipinski definition) is 2. The van der Waals surface area contributed by atoms with Crippen molar-refractivity contribution in [1.29, 1.82) is 0 Å². The van der Waals surface area contributed by atoms with E-state index in [-0.39, 0.29) is 6.03 Å². The second-order valence-electron chi connectivity index (χ2n) is 5.60. The van der Waals surface area contributed by atoms with E-state index >= 15 is 0 Å². The molecule has 8 heteroatoms. The van der Waals surface area contributed by atoms with E-state index in [1.165, 1.54) is 10.6 Å². The maximum atomic E-state index is 11.7. The number of urea groups is 1. The van der Waals surface area contributed by atoms with E-state index in [1.807, 2.05) is 30.3 Å². The van der Waals surface area contributed by atoms with Crippen molar-refractivity contribution in [3.05, 3.63) is 35.9 Å². The zero-order valence-electron chi connectivity index (χ0n) is 13.4. The monoisotopic (exact) mass is 340 g/mol. The Morgan fingerprint density at radius 2 is 1.74 bits per heavy atom.